The minimum Gasteiger partial charge on any atom is -0.380 e. The summed E-state index contributed by atoms with van der Waals surface area (Å²) in [6.45, 7) is 0.661. The van der Waals surface area contributed by atoms with Crippen LogP contribution in [-0.2, 0) is 12.0 Å². The van der Waals surface area contributed by atoms with E-state index in [1.54, 1.807) is 0 Å². The van der Waals surface area contributed by atoms with Gasteiger partial charge in [0.05, 0.1) is 22.2 Å². The van der Waals surface area contributed by atoms with E-state index in [0.717, 1.165) is 22.7 Å². The van der Waals surface area contributed by atoms with Gasteiger partial charge in [-0.3, -0.25) is 4.99 Å². The summed E-state index contributed by atoms with van der Waals surface area (Å²) in [4.78, 5) is 5.08. The Morgan fingerprint density at radius 1 is 0.529 bits per heavy atom. The number of fused-ring (bicyclic) bond motifs is 10. The summed E-state index contributed by atoms with van der Waals surface area (Å²) in [5, 5.41) is 6.55. The minimum absolute atomic E-state index is 0.517. The van der Waals surface area contributed by atoms with Crippen molar-refractivity contribution in [2.24, 2.45) is 4.99 Å². The third kappa shape index (κ3) is 4.22. The molecule has 7 aromatic carbocycles. The van der Waals surface area contributed by atoms with Crippen LogP contribution in [0.25, 0.3) is 44.3 Å². The highest BCUT2D eigenvalue weighted by molar-refractivity contribution is 6.25. The second-order valence-corrected chi connectivity index (χ2v) is 13.5. The number of para-hydroxylation sites is 2. The van der Waals surface area contributed by atoms with Crippen molar-refractivity contribution < 1.29 is 0 Å². The van der Waals surface area contributed by atoms with Crippen molar-refractivity contribution in [2.45, 2.75) is 12.0 Å². The third-order valence-corrected chi connectivity index (χ3v) is 10.9. The Labute approximate surface area is 297 Å². The van der Waals surface area contributed by atoms with Gasteiger partial charge in [0, 0.05) is 46.9 Å². The molecule has 0 fully saturated rings. The van der Waals surface area contributed by atoms with Crippen LogP contribution in [-0.4, -0.2) is 17.3 Å². The maximum Gasteiger partial charge on any atom is 0.0761 e. The van der Waals surface area contributed by atoms with E-state index in [9.17, 15) is 0 Å². The Bertz CT molecular complexity index is 2590. The number of hydrogen-bond donors (Lipinski definition) is 1. The highest BCUT2D eigenvalue weighted by atomic mass is 15.0. The SMILES string of the molecule is CN=C1C(=C(NCc2ccc(-n3c4ccccc4c4ccccc43)cc2)c2ccccc2)C2(c3ccccc31)c1ccccc1-c1ccccc12. The Morgan fingerprint density at radius 2 is 1.02 bits per heavy atom. The zero-order valence-electron chi connectivity index (χ0n) is 28.3. The Hall–Kier alpha value is -6.45. The summed E-state index contributed by atoms with van der Waals surface area (Å²) in [6.07, 6.45) is 0. The third-order valence-electron chi connectivity index (χ3n) is 10.9. The van der Waals surface area contributed by atoms with E-state index in [4.69, 9.17) is 4.99 Å². The summed E-state index contributed by atoms with van der Waals surface area (Å²) in [6, 6.07) is 63.9. The molecule has 0 saturated heterocycles. The maximum absolute atomic E-state index is 5.08. The van der Waals surface area contributed by atoms with Gasteiger partial charge in [0.15, 0.2) is 0 Å². The predicted octanol–water partition coefficient (Wildman–Crippen LogP) is 10.7. The standard InChI is InChI=1S/C48H35N3/c1-49-47-39-21-7-12-24-42(39)48(40-22-10-5-17-35(40)36-18-6-11-23-41(36)48)45(47)46(33-15-3-2-4-16-33)50-31-32-27-29-34(30-28-32)51-43-25-13-8-19-37(43)38-20-9-14-26-44(38)51/h2-30,50H,31H2,1H3. The normalized spacial score (nSPS) is 15.7. The van der Waals surface area contributed by atoms with E-state index < -0.39 is 5.41 Å². The number of rotatable bonds is 5. The molecule has 0 aliphatic heterocycles. The average Bonchev–Trinajstić information content (AvgIpc) is 3.80. The summed E-state index contributed by atoms with van der Waals surface area (Å²) in [5.74, 6) is 0. The lowest BCUT2D eigenvalue weighted by atomic mass is 9.69. The number of aliphatic imine (C=N–C) groups is 1. The minimum atomic E-state index is -0.517. The van der Waals surface area contributed by atoms with Gasteiger partial charge in [0.1, 0.15) is 0 Å². The number of benzene rings is 7. The van der Waals surface area contributed by atoms with Gasteiger partial charge in [-0.25, -0.2) is 0 Å². The first kappa shape index (κ1) is 29.5. The van der Waals surface area contributed by atoms with Crippen LogP contribution in [0.2, 0.25) is 0 Å². The quantitative estimate of drug-likeness (QED) is 0.197. The van der Waals surface area contributed by atoms with Crippen LogP contribution in [0.4, 0.5) is 0 Å². The van der Waals surface area contributed by atoms with Gasteiger partial charge in [-0.15, -0.1) is 0 Å². The molecule has 242 valence electrons. The van der Waals surface area contributed by atoms with Crippen molar-refractivity contribution >= 4 is 33.2 Å². The Kier molecular flexibility index (Phi) is 6.68. The number of hydrogen-bond acceptors (Lipinski definition) is 2. The van der Waals surface area contributed by atoms with Crippen LogP contribution in [0.5, 0.6) is 0 Å². The lowest BCUT2D eigenvalue weighted by Crippen LogP contribution is -2.31. The van der Waals surface area contributed by atoms with Crippen LogP contribution in [0.1, 0.15) is 33.4 Å². The summed E-state index contributed by atoms with van der Waals surface area (Å²) in [5.41, 5.74) is 16.4. The van der Waals surface area contributed by atoms with Crippen molar-refractivity contribution in [3.63, 3.8) is 0 Å². The molecule has 0 bridgehead atoms. The van der Waals surface area contributed by atoms with E-state index in [-0.39, 0.29) is 0 Å². The monoisotopic (exact) mass is 653 g/mol. The molecule has 0 saturated carbocycles. The smallest absolute Gasteiger partial charge is 0.0761 e. The lowest BCUT2D eigenvalue weighted by Gasteiger charge is -2.32. The Morgan fingerprint density at radius 3 is 1.61 bits per heavy atom. The second kappa shape index (κ2) is 11.6. The average molecular weight is 654 g/mol. The fraction of sp³-hybridized carbons (Fsp3) is 0.0625. The van der Waals surface area contributed by atoms with Crippen LogP contribution >= 0.6 is 0 Å². The van der Waals surface area contributed by atoms with Crippen LogP contribution < -0.4 is 5.32 Å². The topological polar surface area (TPSA) is 29.3 Å². The molecule has 2 aliphatic rings. The molecule has 2 aliphatic carbocycles. The number of aromatic nitrogens is 1. The first-order valence-corrected chi connectivity index (χ1v) is 17.7. The van der Waals surface area contributed by atoms with Gasteiger partial charge in [-0.1, -0.05) is 152 Å². The fourth-order valence-corrected chi connectivity index (χ4v) is 8.89. The molecule has 3 nitrogen and oxygen atoms in total. The molecule has 1 spiro atoms. The van der Waals surface area contributed by atoms with Gasteiger partial charge < -0.3 is 9.88 Å². The Balaban J connectivity index is 1.14. The second-order valence-electron chi connectivity index (χ2n) is 13.5. The highest BCUT2D eigenvalue weighted by Crippen LogP contribution is 2.61. The van der Waals surface area contributed by atoms with E-state index in [1.165, 1.54) is 66.3 Å². The van der Waals surface area contributed by atoms with Crippen molar-refractivity contribution in [3.8, 4) is 16.8 Å². The molecular formula is C48H35N3. The van der Waals surface area contributed by atoms with Crippen molar-refractivity contribution in [1.29, 1.82) is 0 Å². The van der Waals surface area contributed by atoms with E-state index in [1.807, 2.05) is 7.05 Å². The van der Waals surface area contributed by atoms with Gasteiger partial charge in [0.2, 0.25) is 0 Å². The summed E-state index contributed by atoms with van der Waals surface area (Å²) >= 11 is 0. The zero-order valence-corrected chi connectivity index (χ0v) is 28.3. The van der Waals surface area contributed by atoms with Crippen molar-refractivity contribution in [3.05, 3.63) is 215 Å². The van der Waals surface area contributed by atoms with Crippen molar-refractivity contribution in [1.82, 2.24) is 9.88 Å². The molecule has 10 rings (SSSR count). The van der Waals surface area contributed by atoms with Crippen LogP contribution in [0.3, 0.4) is 0 Å². The number of nitrogens with one attached hydrogen (secondary N) is 1. The molecule has 0 amide bonds. The fourth-order valence-electron chi connectivity index (χ4n) is 8.89. The maximum atomic E-state index is 5.08. The van der Waals surface area contributed by atoms with Crippen LogP contribution in [0, 0.1) is 0 Å². The zero-order chi connectivity index (χ0) is 33.9. The molecule has 0 radical (unpaired) electrons. The molecule has 1 N–H and O–H groups in total. The first-order chi connectivity index (χ1) is 25.3. The van der Waals surface area contributed by atoms with Gasteiger partial charge >= 0.3 is 0 Å². The molecule has 3 heteroatoms. The van der Waals surface area contributed by atoms with E-state index >= 15 is 0 Å². The molecule has 0 unspecified atom stereocenters. The molecule has 0 atom stereocenters. The van der Waals surface area contributed by atoms with Crippen molar-refractivity contribution in [2.75, 3.05) is 7.05 Å². The van der Waals surface area contributed by atoms with E-state index in [0.29, 0.717) is 6.54 Å². The molecule has 1 aromatic heterocycles. The van der Waals surface area contributed by atoms with E-state index in [2.05, 4.69) is 186 Å². The van der Waals surface area contributed by atoms with Crippen LogP contribution in [0.15, 0.2) is 186 Å². The summed E-state index contributed by atoms with van der Waals surface area (Å²) in [7, 11) is 1.94. The number of allylic oxidation sites excluding steroid dienone is 1. The first-order valence-electron chi connectivity index (χ1n) is 17.7. The molecule has 51 heavy (non-hydrogen) atoms. The number of nitrogens with zero attached hydrogens (tertiary/aromatic N) is 2. The van der Waals surface area contributed by atoms with Gasteiger partial charge in [0.25, 0.3) is 0 Å². The highest BCUT2D eigenvalue weighted by Gasteiger charge is 2.55. The van der Waals surface area contributed by atoms with Gasteiger partial charge in [-0.2, -0.15) is 0 Å². The predicted molar refractivity (Wildman–Crippen MR) is 212 cm³/mol. The molecular weight excluding hydrogens is 619 g/mol. The lowest BCUT2D eigenvalue weighted by molar-refractivity contribution is 0.781. The molecule has 8 aromatic rings. The summed E-state index contributed by atoms with van der Waals surface area (Å²) < 4.78 is 2.37. The van der Waals surface area contributed by atoms with Gasteiger partial charge in [-0.05, 0) is 63.2 Å². The molecule has 1 heterocycles. The largest absolute Gasteiger partial charge is 0.380 e.